The van der Waals surface area contributed by atoms with Gasteiger partial charge in [0.2, 0.25) is 0 Å². The van der Waals surface area contributed by atoms with Gasteiger partial charge in [-0.2, -0.15) is 0 Å². The SMILES string of the molecule is CN1C2CCCC1CC(n1ccc(=O)[nH]c1=S)C2. The molecule has 0 aliphatic carbocycles. The predicted octanol–water partition coefficient (Wildman–Crippen LogP) is 2.09. The maximum absolute atomic E-state index is 11.2. The highest BCUT2D eigenvalue weighted by molar-refractivity contribution is 7.71. The number of aromatic amines is 1. The second-order valence-electron chi connectivity index (χ2n) is 5.55. The van der Waals surface area contributed by atoms with Crippen LogP contribution >= 0.6 is 12.2 Å². The van der Waals surface area contributed by atoms with Gasteiger partial charge in [-0.3, -0.25) is 9.78 Å². The van der Waals surface area contributed by atoms with Crippen LogP contribution in [0.4, 0.5) is 0 Å². The fourth-order valence-corrected chi connectivity index (χ4v) is 3.84. The minimum atomic E-state index is -0.107. The van der Waals surface area contributed by atoms with Gasteiger partial charge in [-0.05, 0) is 44.9 Å². The highest BCUT2D eigenvalue weighted by Crippen LogP contribution is 2.37. The summed E-state index contributed by atoms with van der Waals surface area (Å²) in [7, 11) is 2.25. The van der Waals surface area contributed by atoms with Crippen LogP contribution < -0.4 is 5.56 Å². The lowest BCUT2D eigenvalue weighted by Crippen LogP contribution is -2.50. The summed E-state index contributed by atoms with van der Waals surface area (Å²) < 4.78 is 2.64. The number of nitrogens with zero attached hydrogens (tertiary/aromatic N) is 2. The zero-order chi connectivity index (χ0) is 12.7. The lowest BCUT2D eigenvalue weighted by molar-refractivity contribution is 0.0393. The van der Waals surface area contributed by atoms with E-state index in [0.717, 1.165) is 12.8 Å². The molecule has 0 radical (unpaired) electrons. The van der Waals surface area contributed by atoms with Crippen LogP contribution in [0.15, 0.2) is 17.1 Å². The summed E-state index contributed by atoms with van der Waals surface area (Å²) in [6.07, 6.45) is 8.08. The van der Waals surface area contributed by atoms with E-state index in [1.807, 2.05) is 6.20 Å². The number of fused-ring (bicyclic) bond motifs is 2. The maximum Gasteiger partial charge on any atom is 0.251 e. The van der Waals surface area contributed by atoms with Gasteiger partial charge in [-0.25, -0.2) is 0 Å². The number of nitrogens with one attached hydrogen (secondary N) is 1. The summed E-state index contributed by atoms with van der Waals surface area (Å²) in [6.45, 7) is 0. The van der Waals surface area contributed by atoms with Crippen molar-refractivity contribution < 1.29 is 0 Å². The van der Waals surface area contributed by atoms with Gasteiger partial charge in [0.25, 0.3) is 5.56 Å². The van der Waals surface area contributed by atoms with Gasteiger partial charge in [0.1, 0.15) is 0 Å². The predicted molar refractivity (Wildman–Crippen MR) is 73.3 cm³/mol. The number of piperidine rings is 2. The van der Waals surface area contributed by atoms with Crippen LogP contribution in [0.2, 0.25) is 0 Å². The molecule has 18 heavy (non-hydrogen) atoms. The molecule has 1 aromatic rings. The Morgan fingerprint density at radius 3 is 2.56 bits per heavy atom. The van der Waals surface area contributed by atoms with Crippen molar-refractivity contribution in [1.82, 2.24) is 14.5 Å². The van der Waals surface area contributed by atoms with E-state index in [9.17, 15) is 4.79 Å². The Balaban J connectivity index is 1.90. The van der Waals surface area contributed by atoms with Gasteiger partial charge in [0.15, 0.2) is 4.77 Å². The first kappa shape index (κ1) is 12.1. The topological polar surface area (TPSA) is 41.0 Å². The van der Waals surface area contributed by atoms with E-state index in [4.69, 9.17) is 12.2 Å². The Bertz CT molecular complexity index is 536. The molecule has 2 atom stereocenters. The zero-order valence-electron chi connectivity index (χ0n) is 10.6. The normalized spacial score (nSPS) is 32.4. The molecule has 2 aliphatic heterocycles. The van der Waals surface area contributed by atoms with Gasteiger partial charge in [-0.15, -0.1) is 0 Å². The van der Waals surface area contributed by atoms with Gasteiger partial charge in [0, 0.05) is 30.4 Å². The van der Waals surface area contributed by atoms with Crippen molar-refractivity contribution >= 4 is 12.2 Å². The molecule has 0 spiro atoms. The monoisotopic (exact) mass is 265 g/mol. The number of aromatic nitrogens is 2. The fourth-order valence-electron chi connectivity index (χ4n) is 3.53. The van der Waals surface area contributed by atoms with Crippen molar-refractivity contribution in [3.63, 3.8) is 0 Å². The first-order valence-electron chi connectivity index (χ1n) is 6.68. The molecular weight excluding hydrogens is 246 g/mol. The molecule has 2 bridgehead atoms. The lowest BCUT2D eigenvalue weighted by atomic mass is 9.82. The lowest BCUT2D eigenvalue weighted by Gasteiger charge is -2.47. The van der Waals surface area contributed by atoms with Crippen LogP contribution in [0, 0.1) is 4.77 Å². The Labute approximate surface area is 112 Å². The van der Waals surface area contributed by atoms with E-state index in [1.165, 1.54) is 19.3 Å². The molecule has 2 saturated heterocycles. The Kier molecular flexibility index (Phi) is 3.11. The molecule has 0 saturated carbocycles. The molecule has 0 aromatic carbocycles. The van der Waals surface area contributed by atoms with Gasteiger partial charge in [-0.1, -0.05) is 6.42 Å². The fraction of sp³-hybridized carbons (Fsp3) is 0.692. The molecule has 2 fully saturated rings. The summed E-state index contributed by atoms with van der Waals surface area (Å²) in [6, 6.07) is 3.37. The first-order valence-corrected chi connectivity index (χ1v) is 7.09. The molecule has 5 heteroatoms. The van der Waals surface area contributed by atoms with E-state index in [0.29, 0.717) is 22.9 Å². The molecule has 1 N–H and O–H groups in total. The van der Waals surface area contributed by atoms with Crippen molar-refractivity contribution in [2.75, 3.05) is 7.05 Å². The third kappa shape index (κ3) is 2.06. The van der Waals surface area contributed by atoms with Gasteiger partial charge >= 0.3 is 0 Å². The van der Waals surface area contributed by atoms with E-state index in [-0.39, 0.29) is 5.56 Å². The molecule has 3 heterocycles. The Morgan fingerprint density at radius 2 is 1.94 bits per heavy atom. The molecule has 2 unspecified atom stereocenters. The summed E-state index contributed by atoms with van der Waals surface area (Å²) in [5, 5.41) is 0. The smallest absolute Gasteiger partial charge is 0.251 e. The molecule has 0 amide bonds. The standard InChI is InChI=1S/C13H19N3OS/c1-15-9-3-2-4-10(15)8-11(7-9)16-6-5-12(17)14-13(16)18/h5-6,9-11H,2-4,7-8H2,1H3,(H,14,17,18). The molecular formula is C13H19N3OS. The van der Waals surface area contributed by atoms with Crippen molar-refractivity contribution in [3.05, 3.63) is 27.4 Å². The largest absolute Gasteiger partial charge is 0.322 e. The minimum absolute atomic E-state index is 0.107. The summed E-state index contributed by atoms with van der Waals surface area (Å²) >= 11 is 5.28. The highest BCUT2D eigenvalue weighted by atomic mass is 32.1. The number of hydrogen-bond donors (Lipinski definition) is 1. The highest BCUT2D eigenvalue weighted by Gasteiger charge is 2.36. The molecule has 98 valence electrons. The average Bonchev–Trinajstić information content (AvgIpc) is 2.29. The summed E-state index contributed by atoms with van der Waals surface area (Å²) in [5.41, 5.74) is -0.107. The first-order chi connectivity index (χ1) is 8.65. The number of H-pyrrole nitrogens is 1. The third-order valence-electron chi connectivity index (χ3n) is 4.56. The summed E-state index contributed by atoms with van der Waals surface area (Å²) in [4.78, 5) is 16.5. The maximum atomic E-state index is 11.2. The second kappa shape index (κ2) is 4.63. The van der Waals surface area contributed by atoms with Crippen molar-refractivity contribution in [2.24, 2.45) is 0 Å². The van der Waals surface area contributed by atoms with Crippen molar-refractivity contribution in [3.8, 4) is 0 Å². The van der Waals surface area contributed by atoms with Gasteiger partial charge < -0.3 is 9.47 Å². The van der Waals surface area contributed by atoms with Crippen LogP contribution in [0.5, 0.6) is 0 Å². The quantitative estimate of drug-likeness (QED) is 0.791. The third-order valence-corrected chi connectivity index (χ3v) is 4.87. The van der Waals surface area contributed by atoms with E-state index in [2.05, 4.69) is 21.5 Å². The Morgan fingerprint density at radius 1 is 1.28 bits per heavy atom. The number of rotatable bonds is 1. The van der Waals surface area contributed by atoms with Crippen LogP contribution in [-0.4, -0.2) is 33.6 Å². The van der Waals surface area contributed by atoms with Gasteiger partial charge in [0.05, 0.1) is 0 Å². The molecule has 2 aliphatic rings. The van der Waals surface area contributed by atoms with Crippen LogP contribution in [0.1, 0.15) is 38.1 Å². The molecule has 4 nitrogen and oxygen atoms in total. The average molecular weight is 265 g/mol. The van der Waals surface area contributed by atoms with Crippen LogP contribution in [0.25, 0.3) is 0 Å². The van der Waals surface area contributed by atoms with Crippen LogP contribution in [0.3, 0.4) is 0 Å². The van der Waals surface area contributed by atoms with Crippen molar-refractivity contribution in [2.45, 2.75) is 50.2 Å². The van der Waals surface area contributed by atoms with E-state index >= 15 is 0 Å². The van der Waals surface area contributed by atoms with Crippen LogP contribution in [-0.2, 0) is 0 Å². The van der Waals surface area contributed by atoms with E-state index < -0.39 is 0 Å². The van der Waals surface area contributed by atoms with Crippen molar-refractivity contribution in [1.29, 1.82) is 0 Å². The molecule has 3 rings (SSSR count). The second-order valence-corrected chi connectivity index (χ2v) is 5.93. The summed E-state index contributed by atoms with van der Waals surface area (Å²) in [5.74, 6) is 0. The Hall–Kier alpha value is -0.940. The minimum Gasteiger partial charge on any atom is -0.322 e. The van der Waals surface area contributed by atoms with E-state index in [1.54, 1.807) is 6.07 Å². The number of hydrogen-bond acceptors (Lipinski definition) is 3. The zero-order valence-corrected chi connectivity index (χ0v) is 11.4. The molecule has 1 aromatic heterocycles.